The van der Waals surface area contributed by atoms with Gasteiger partial charge in [0.1, 0.15) is 0 Å². The molecule has 4 aromatic rings. The van der Waals surface area contributed by atoms with E-state index in [2.05, 4.69) is 18.9 Å². The number of fused-ring (bicyclic) bond motifs is 1. The smallest absolute Gasteiger partial charge is 0.255 e. The van der Waals surface area contributed by atoms with Gasteiger partial charge in [0.15, 0.2) is 17.1 Å². The maximum Gasteiger partial charge on any atom is 0.255 e. The normalized spacial score (nSPS) is 15.7. The van der Waals surface area contributed by atoms with Crippen molar-refractivity contribution < 1.29 is 14.3 Å². The molecule has 5 rings (SSSR count). The molecule has 1 saturated heterocycles. The Kier molecular flexibility index (Phi) is 6.16. The highest BCUT2D eigenvalue weighted by molar-refractivity contribution is 6.06. The summed E-state index contributed by atoms with van der Waals surface area (Å²) in [6, 6.07) is 17.9. The third kappa shape index (κ3) is 4.11. The summed E-state index contributed by atoms with van der Waals surface area (Å²) in [6.45, 7) is 4.83. The van der Waals surface area contributed by atoms with Gasteiger partial charge in [-0.2, -0.15) is 5.10 Å². The number of benzene rings is 2. The van der Waals surface area contributed by atoms with Gasteiger partial charge in [-0.1, -0.05) is 36.4 Å². The van der Waals surface area contributed by atoms with Crippen LogP contribution in [0.1, 0.15) is 54.7 Å². The number of hydrogen-bond donors (Lipinski definition) is 0. The largest absolute Gasteiger partial charge is 0.493 e. The SMILES string of the molecule is COc1ccc(C2CCCN2C(=O)c2cc(-c3ccccc3)nc3c2cnn3C(C)C)cc1OC. The molecule has 1 aliphatic heterocycles. The molecule has 35 heavy (non-hydrogen) atoms. The van der Waals surface area contributed by atoms with Gasteiger partial charge < -0.3 is 14.4 Å². The van der Waals surface area contributed by atoms with Crippen molar-refractivity contribution in [3.8, 4) is 22.8 Å². The highest BCUT2D eigenvalue weighted by Gasteiger charge is 2.33. The summed E-state index contributed by atoms with van der Waals surface area (Å²) in [6.07, 6.45) is 3.61. The van der Waals surface area contributed by atoms with Crippen LogP contribution in [0.5, 0.6) is 11.5 Å². The number of carbonyl (C=O) groups excluding carboxylic acids is 1. The first-order chi connectivity index (χ1) is 17.0. The summed E-state index contributed by atoms with van der Waals surface area (Å²) in [5.41, 5.74) is 4.14. The summed E-state index contributed by atoms with van der Waals surface area (Å²) >= 11 is 0. The number of aromatic nitrogens is 3. The molecule has 0 saturated carbocycles. The second kappa shape index (κ2) is 9.41. The third-order valence-electron chi connectivity index (χ3n) is 6.66. The molecule has 7 nitrogen and oxygen atoms in total. The first-order valence-corrected chi connectivity index (χ1v) is 12.0. The van der Waals surface area contributed by atoms with Crippen LogP contribution in [0.3, 0.4) is 0 Å². The van der Waals surface area contributed by atoms with Crippen molar-refractivity contribution >= 4 is 16.9 Å². The minimum Gasteiger partial charge on any atom is -0.493 e. The van der Waals surface area contributed by atoms with Crippen molar-refractivity contribution in [1.29, 1.82) is 0 Å². The Morgan fingerprint density at radius 3 is 2.51 bits per heavy atom. The van der Waals surface area contributed by atoms with Gasteiger partial charge in [0.25, 0.3) is 5.91 Å². The van der Waals surface area contributed by atoms with Gasteiger partial charge in [-0.25, -0.2) is 9.67 Å². The van der Waals surface area contributed by atoms with Crippen LogP contribution in [-0.2, 0) is 0 Å². The fourth-order valence-electron chi connectivity index (χ4n) is 4.90. The molecule has 2 aromatic carbocycles. The number of amides is 1. The predicted molar refractivity (Wildman–Crippen MR) is 136 cm³/mol. The minimum absolute atomic E-state index is 0.00447. The molecule has 180 valence electrons. The van der Waals surface area contributed by atoms with Gasteiger partial charge in [-0.3, -0.25) is 4.79 Å². The third-order valence-corrected chi connectivity index (χ3v) is 6.66. The van der Waals surface area contributed by atoms with Crippen molar-refractivity contribution in [2.45, 2.75) is 38.8 Å². The van der Waals surface area contributed by atoms with Gasteiger partial charge in [0.05, 0.1) is 43.1 Å². The molecule has 0 spiro atoms. The van der Waals surface area contributed by atoms with Gasteiger partial charge in [0, 0.05) is 18.2 Å². The Hall–Kier alpha value is -3.87. The van der Waals surface area contributed by atoms with Crippen LogP contribution < -0.4 is 9.47 Å². The van der Waals surface area contributed by atoms with E-state index in [-0.39, 0.29) is 18.0 Å². The van der Waals surface area contributed by atoms with Crippen LogP contribution in [-0.4, -0.2) is 46.3 Å². The zero-order chi connectivity index (χ0) is 24.5. The van der Waals surface area contributed by atoms with Crippen molar-refractivity contribution in [3.05, 3.63) is 71.9 Å². The molecule has 0 N–H and O–H groups in total. The number of pyridine rings is 1. The Morgan fingerprint density at radius 1 is 1.03 bits per heavy atom. The van der Waals surface area contributed by atoms with Crippen molar-refractivity contribution in [1.82, 2.24) is 19.7 Å². The zero-order valence-electron chi connectivity index (χ0n) is 20.6. The Bertz CT molecular complexity index is 1360. The lowest BCUT2D eigenvalue weighted by atomic mass is 10.0. The first-order valence-electron chi connectivity index (χ1n) is 12.0. The second-order valence-corrected chi connectivity index (χ2v) is 9.11. The highest BCUT2D eigenvalue weighted by Crippen LogP contribution is 2.38. The van der Waals surface area contributed by atoms with Crippen molar-refractivity contribution in [2.75, 3.05) is 20.8 Å². The summed E-state index contributed by atoms with van der Waals surface area (Å²) in [7, 11) is 3.25. The van der Waals surface area contributed by atoms with Crippen LogP contribution in [0.25, 0.3) is 22.3 Å². The Balaban J connectivity index is 1.59. The molecule has 1 unspecified atom stereocenters. The number of ether oxygens (including phenoxy) is 2. The second-order valence-electron chi connectivity index (χ2n) is 9.11. The van der Waals surface area contributed by atoms with E-state index in [0.29, 0.717) is 23.6 Å². The van der Waals surface area contributed by atoms with Crippen LogP contribution in [0.15, 0.2) is 60.8 Å². The molecular weight excluding hydrogens is 440 g/mol. The molecule has 1 amide bonds. The predicted octanol–water partition coefficient (Wildman–Crippen LogP) is 5.67. The summed E-state index contributed by atoms with van der Waals surface area (Å²) in [4.78, 5) is 21.0. The van der Waals surface area contributed by atoms with E-state index in [4.69, 9.17) is 14.5 Å². The Labute approximate surface area is 205 Å². The number of hydrogen-bond acceptors (Lipinski definition) is 5. The van der Waals surface area contributed by atoms with E-state index < -0.39 is 0 Å². The lowest BCUT2D eigenvalue weighted by Crippen LogP contribution is -2.30. The summed E-state index contributed by atoms with van der Waals surface area (Å²) in [5.74, 6) is 1.34. The topological polar surface area (TPSA) is 69.5 Å². The van der Waals surface area contributed by atoms with E-state index >= 15 is 0 Å². The van der Waals surface area contributed by atoms with Gasteiger partial charge in [0.2, 0.25) is 0 Å². The molecular formula is C28H30N4O3. The molecule has 2 aromatic heterocycles. The fraction of sp³-hybridized carbons (Fsp3) is 0.321. The van der Waals surface area contributed by atoms with Crippen LogP contribution in [0.2, 0.25) is 0 Å². The number of likely N-dealkylation sites (tertiary alicyclic amines) is 1. The molecule has 1 atom stereocenters. The maximum atomic E-state index is 14.1. The van der Waals surface area contributed by atoms with E-state index in [1.54, 1.807) is 20.4 Å². The first kappa shape index (κ1) is 22.9. The highest BCUT2D eigenvalue weighted by atomic mass is 16.5. The molecule has 0 aliphatic carbocycles. The molecule has 0 bridgehead atoms. The van der Waals surface area contributed by atoms with Gasteiger partial charge in [-0.05, 0) is 50.5 Å². The molecule has 3 heterocycles. The number of nitrogens with zero attached hydrogens (tertiary/aromatic N) is 4. The molecule has 1 fully saturated rings. The molecule has 1 aliphatic rings. The number of rotatable bonds is 6. The van der Waals surface area contributed by atoms with Gasteiger partial charge >= 0.3 is 0 Å². The average Bonchev–Trinajstić information content (AvgIpc) is 3.55. The standard InChI is InChI=1S/C28H30N4O3/c1-18(2)32-27-22(17-29-32)21(16-23(30-27)19-9-6-5-7-10-19)28(33)31-14-8-11-24(31)20-12-13-25(34-3)26(15-20)35-4/h5-7,9-10,12-13,15-18,24H,8,11,14H2,1-4H3. The lowest BCUT2D eigenvalue weighted by Gasteiger charge is -2.26. The summed E-state index contributed by atoms with van der Waals surface area (Å²) in [5, 5.41) is 5.35. The van der Waals surface area contributed by atoms with Crippen molar-refractivity contribution in [3.63, 3.8) is 0 Å². The monoisotopic (exact) mass is 470 g/mol. The summed E-state index contributed by atoms with van der Waals surface area (Å²) < 4.78 is 12.8. The van der Waals surface area contributed by atoms with Gasteiger partial charge in [-0.15, -0.1) is 0 Å². The maximum absolute atomic E-state index is 14.1. The van der Waals surface area contributed by atoms with E-state index in [1.165, 1.54) is 0 Å². The lowest BCUT2D eigenvalue weighted by molar-refractivity contribution is 0.0737. The quantitative estimate of drug-likeness (QED) is 0.363. The van der Waals surface area contributed by atoms with E-state index in [1.807, 2.05) is 64.2 Å². The number of carbonyl (C=O) groups is 1. The van der Waals surface area contributed by atoms with E-state index in [9.17, 15) is 4.79 Å². The van der Waals surface area contributed by atoms with E-state index in [0.717, 1.165) is 40.7 Å². The minimum atomic E-state index is -0.0363. The molecule has 7 heteroatoms. The zero-order valence-corrected chi connectivity index (χ0v) is 20.6. The van der Waals surface area contributed by atoms with Crippen LogP contribution >= 0.6 is 0 Å². The molecule has 0 radical (unpaired) electrons. The van der Waals surface area contributed by atoms with Crippen molar-refractivity contribution in [2.24, 2.45) is 0 Å². The average molecular weight is 471 g/mol. The van der Waals surface area contributed by atoms with Crippen LogP contribution in [0.4, 0.5) is 0 Å². The van der Waals surface area contributed by atoms with Crippen LogP contribution in [0, 0.1) is 0 Å². The number of methoxy groups -OCH3 is 2. The Morgan fingerprint density at radius 2 is 1.80 bits per heavy atom. The fourth-order valence-corrected chi connectivity index (χ4v) is 4.90.